The van der Waals surface area contributed by atoms with Gasteiger partial charge in [0.2, 0.25) is 10.0 Å². The van der Waals surface area contributed by atoms with Gasteiger partial charge in [-0.1, -0.05) is 18.9 Å². The van der Waals surface area contributed by atoms with Gasteiger partial charge in [0.15, 0.2) is 0 Å². The van der Waals surface area contributed by atoms with E-state index in [1.165, 1.54) is 25.7 Å². The third-order valence-corrected chi connectivity index (χ3v) is 5.67. The summed E-state index contributed by atoms with van der Waals surface area (Å²) in [6, 6.07) is 5.28. The van der Waals surface area contributed by atoms with Crippen LogP contribution in [-0.4, -0.2) is 39.5 Å². The van der Waals surface area contributed by atoms with E-state index in [2.05, 4.69) is 9.62 Å². The fourth-order valence-electron chi connectivity index (χ4n) is 2.66. The lowest BCUT2D eigenvalue weighted by Crippen LogP contribution is -2.35. The largest absolute Gasteiger partial charge is 0.302 e. The van der Waals surface area contributed by atoms with Gasteiger partial charge in [-0.05, 0) is 63.0 Å². The lowest BCUT2D eigenvalue weighted by atomic mass is 10.1. The molecule has 0 saturated carbocycles. The second kappa shape index (κ2) is 7.38. The van der Waals surface area contributed by atoms with Crippen molar-refractivity contribution in [3.05, 3.63) is 29.3 Å². The molecular formula is C16H26N2O2S. The molecule has 118 valence electrons. The fraction of sp³-hybridized carbons (Fsp3) is 0.625. The van der Waals surface area contributed by atoms with Crippen LogP contribution in [0.5, 0.6) is 0 Å². The third-order valence-electron chi connectivity index (χ3n) is 4.21. The topological polar surface area (TPSA) is 49.4 Å². The zero-order valence-electron chi connectivity index (χ0n) is 13.1. The Kier molecular flexibility index (Phi) is 5.79. The van der Waals surface area contributed by atoms with E-state index in [0.29, 0.717) is 11.4 Å². The Morgan fingerprint density at radius 1 is 1.05 bits per heavy atom. The van der Waals surface area contributed by atoms with Crippen molar-refractivity contribution in [1.29, 1.82) is 0 Å². The average molecular weight is 310 g/mol. The number of likely N-dealkylation sites (tertiary alicyclic amines) is 1. The molecule has 2 rings (SSSR count). The molecule has 0 radical (unpaired) electrons. The summed E-state index contributed by atoms with van der Waals surface area (Å²) in [5.74, 6) is 0. The predicted octanol–water partition coefficient (Wildman–Crippen LogP) is 2.46. The van der Waals surface area contributed by atoms with Crippen molar-refractivity contribution in [2.45, 2.75) is 44.4 Å². The smallest absolute Gasteiger partial charge is 0.240 e. The summed E-state index contributed by atoms with van der Waals surface area (Å²) >= 11 is 0. The fourth-order valence-corrected chi connectivity index (χ4v) is 3.77. The summed E-state index contributed by atoms with van der Waals surface area (Å²) in [6.07, 6.45) is 5.05. The van der Waals surface area contributed by atoms with E-state index in [1.54, 1.807) is 12.1 Å². The molecule has 0 atom stereocenters. The van der Waals surface area contributed by atoms with Gasteiger partial charge in [0.25, 0.3) is 0 Å². The number of rotatable bonds is 5. The van der Waals surface area contributed by atoms with Crippen molar-refractivity contribution in [2.24, 2.45) is 0 Å². The molecule has 1 aromatic carbocycles. The quantitative estimate of drug-likeness (QED) is 0.909. The summed E-state index contributed by atoms with van der Waals surface area (Å²) in [4.78, 5) is 2.72. The maximum Gasteiger partial charge on any atom is 0.240 e. The Labute approximate surface area is 128 Å². The van der Waals surface area contributed by atoms with Crippen LogP contribution in [0.3, 0.4) is 0 Å². The number of aryl methyl sites for hydroxylation is 2. The number of nitrogens with zero attached hydrogens (tertiary/aromatic N) is 1. The van der Waals surface area contributed by atoms with Crippen molar-refractivity contribution in [3.8, 4) is 0 Å². The Hall–Kier alpha value is -0.910. The van der Waals surface area contributed by atoms with E-state index in [-0.39, 0.29) is 0 Å². The standard InChI is InChI=1S/C16H26N2O2S/c1-14-7-8-16(13-15(14)2)21(19,20)17-9-12-18-10-5-3-4-6-11-18/h7-8,13,17H,3-6,9-12H2,1-2H3. The molecule has 0 spiro atoms. The Morgan fingerprint density at radius 2 is 1.71 bits per heavy atom. The summed E-state index contributed by atoms with van der Waals surface area (Å²) in [5.41, 5.74) is 2.11. The lowest BCUT2D eigenvalue weighted by molar-refractivity contribution is 0.290. The normalized spacial score (nSPS) is 17.6. The molecule has 1 fully saturated rings. The van der Waals surface area contributed by atoms with Gasteiger partial charge in [-0.2, -0.15) is 0 Å². The summed E-state index contributed by atoms with van der Waals surface area (Å²) < 4.78 is 27.3. The average Bonchev–Trinajstić information content (AvgIpc) is 2.70. The molecule has 1 aromatic rings. The minimum Gasteiger partial charge on any atom is -0.302 e. The van der Waals surface area contributed by atoms with Gasteiger partial charge in [0, 0.05) is 13.1 Å². The molecular weight excluding hydrogens is 284 g/mol. The van der Waals surface area contributed by atoms with Gasteiger partial charge in [-0.15, -0.1) is 0 Å². The summed E-state index contributed by atoms with van der Waals surface area (Å²) in [7, 11) is -3.39. The van der Waals surface area contributed by atoms with Crippen molar-refractivity contribution in [3.63, 3.8) is 0 Å². The monoisotopic (exact) mass is 310 g/mol. The van der Waals surface area contributed by atoms with Crippen LogP contribution in [0.2, 0.25) is 0 Å². The number of sulfonamides is 1. The predicted molar refractivity (Wildman–Crippen MR) is 86.0 cm³/mol. The number of hydrogen-bond acceptors (Lipinski definition) is 3. The second-order valence-electron chi connectivity index (χ2n) is 5.90. The summed E-state index contributed by atoms with van der Waals surface area (Å²) in [6.45, 7) is 7.38. The van der Waals surface area contributed by atoms with E-state index in [4.69, 9.17) is 0 Å². The van der Waals surface area contributed by atoms with E-state index < -0.39 is 10.0 Å². The minimum atomic E-state index is -3.39. The molecule has 4 nitrogen and oxygen atoms in total. The van der Waals surface area contributed by atoms with Gasteiger partial charge in [0.1, 0.15) is 0 Å². The van der Waals surface area contributed by atoms with Crippen LogP contribution in [0.15, 0.2) is 23.1 Å². The van der Waals surface area contributed by atoms with Gasteiger partial charge in [0.05, 0.1) is 4.90 Å². The van der Waals surface area contributed by atoms with E-state index in [9.17, 15) is 8.42 Å². The molecule has 0 bridgehead atoms. The maximum absolute atomic E-state index is 12.3. The van der Waals surface area contributed by atoms with E-state index in [0.717, 1.165) is 30.8 Å². The first-order valence-electron chi connectivity index (χ1n) is 7.78. The molecule has 0 amide bonds. The van der Waals surface area contributed by atoms with Gasteiger partial charge >= 0.3 is 0 Å². The molecule has 1 N–H and O–H groups in total. The van der Waals surface area contributed by atoms with Gasteiger partial charge in [-0.3, -0.25) is 0 Å². The van der Waals surface area contributed by atoms with Crippen LogP contribution in [0, 0.1) is 13.8 Å². The number of nitrogens with one attached hydrogen (secondary N) is 1. The van der Waals surface area contributed by atoms with Gasteiger partial charge in [-0.25, -0.2) is 13.1 Å². The van der Waals surface area contributed by atoms with Crippen LogP contribution in [0.25, 0.3) is 0 Å². The molecule has 21 heavy (non-hydrogen) atoms. The van der Waals surface area contributed by atoms with Crippen LogP contribution < -0.4 is 4.72 Å². The number of benzene rings is 1. The maximum atomic E-state index is 12.3. The molecule has 1 saturated heterocycles. The highest BCUT2D eigenvalue weighted by Gasteiger charge is 2.15. The summed E-state index contributed by atoms with van der Waals surface area (Å²) in [5, 5.41) is 0. The van der Waals surface area contributed by atoms with Crippen molar-refractivity contribution in [1.82, 2.24) is 9.62 Å². The third kappa shape index (κ3) is 4.80. The Morgan fingerprint density at radius 3 is 2.33 bits per heavy atom. The van der Waals surface area contributed by atoms with E-state index >= 15 is 0 Å². The highest BCUT2D eigenvalue weighted by molar-refractivity contribution is 7.89. The molecule has 1 aliphatic rings. The Balaban J connectivity index is 1.90. The second-order valence-corrected chi connectivity index (χ2v) is 7.67. The van der Waals surface area contributed by atoms with Crippen LogP contribution in [0.1, 0.15) is 36.8 Å². The minimum absolute atomic E-state index is 0.362. The molecule has 1 aliphatic heterocycles. The highest BCUT2D eigenvalue weighted by atomic mass is 32.2. The molecule has 5 heteroatoms. The zero-order valence-corrected chi connectivity index (χ0v) is 13.9. The van der Waals surface area contributed by atoms with Gasteiger partial charge < -0.3 is 4.90 Å². The Bertz CT molecular complexity index is 562. The first-order valence-corrected chi connectivity index (χ1v) is 9.27. The number of hydrogen-bond donors (Lipinski definition) is 1. The molecule has 0 aliphatic carbocycles. The van der Waals surface area contributed by atoms with Crippen molar-refractivity contribution in [2.75, 3.05) is 26.2 Å². The lowest BCUT2D eigenvalue weighted by Gasteiger charge is -2.19. The molecule has 1 heterocycles. The van der Waals surface area contributed by atoms with Crippen LogP contribution in [-0.2, 0) is 10.0 Å². The van der Waals surface area contributed by atoms with Crippen molar-refractivity contribution < 1.29 is 8.42 Å². The van der Waals surface area contributed by atoms with Crippen molar-refractivity contribution >= 4 is 10.0 Å². The van der Waals surface area contributed by atoms with E-state index in [1.807, 2.05) is 19.9 Å². The first-order chi connectivity index (χ1) is 9.99. The molecule has 0 unspecified atom stereocenters. The highest BCUT2D eigenvalue weighted by Crippen LogP contribution is 2.14. The first kappa shape index (κ1) is 16.5. The van der Waals surface area contributed by atoms with Crippen LogP contribution >= 0.6 is 0 Å². The zero-order chi connectivity index (χ0) is 15.3. The SMILES string of the molecule is Cc1ccc(S(=O)(=O)NCCN2CCCCCC2)cc1C. The molecule has 0 aromatic heterocycles. The van der Waals surface area contributed by atoms with Crippen LogP contribution in [0.4, 0.5) is 0 Å².